The van der Waals surface area contributed by atoms with E-state index < -0.39 is 11.7 Å². The largest absolute Gasteiger partial charge is 0.390 e. The minimum Gasteiger partial charge on any atom is -0.390 e. The first kappa shape index (κ1) is 13.5. The molecule has 0 aromatic heterocycles. The SMILES string of the molecule is OC(Cc1ccccc1F)C1(O)CCCCCC1. The third kappa shape index (κ3) is 3.09. The molecular formula is C15H21FO2. The highest BCUT2D eigenvalue weighted by Crippen LogP contribution is 2.31. The summed E-state index contributed by atoms with van der Waals surface area (Å²) in [5.74, 6) is -0.311. The number of halogens is 1. The van der Waals surface area contributed by atoms with Crippen molar-refractivity contribution in [3.05, 3.63) is 35.6 Å². The average molecular weight is 252 g/mol. The van der Waals surface area contributed by atoms with Crippen molar-refractivity contribution in [2.24, 2.45) is 0 Å². The molecular weight excluding hydrogens is 231 g/mol. The topological polar surface area (TPSA) is 40.5 Å². The van der Waals surface area contributed by atoms with Crippen molar-refractivity contribution in [1.82, 2.24) is 0 Å². The highest BCUT2D eigenvalue weighted by Gasteiger charge is 2.36. The molecule has 1 atom stereocenters. The Balaban J connectivity index is 2.06. The van der Waals surface area contributed by atoms with Crippen LogP contribution < -0.4 is 0 Å². The summed E-state index contributed by atoms with van der Waals surface area (Å²) in [6.45, 7) is 0. The smallest absolute Gasteiger partial charge is 0.126 e. The molecule has 100 valence electrons. The molecule has 1 saturated carbocycles. The van der Waals surface area contributed by atoms with E-state index in [9.17, 15) is 14.6 Å². The van der Waals surface area contributed by atoms with Gasteiger partial charge in [0, 0.05) is 6.42 Å². The van der Waals surface area contributed by atoms with Gasteiger partial charge in [0.15, 0.2) is 0 Å². The second-order valence-electron chi connectivity index (χ2n) is 5.33. The lowest BCUT2D eigenvalue weighted by Gasteiger charge is -2.32. The van der Waals surface area contributed by atoms with Gasteiger partial charge in [-0.3, -0.25) is 0 Å². The Labute approximate surface area is 107 Å². The zero-order valence-corrected chi connectivity index (χ0v) is 10.6. The maximum atomic E-state index is 13.5. The summed E-state index contributed by atoms with van der Waals surface area (Å²) in [5, 5.41) is 20.7. The molecule has 1 unspecified atom stereocenters. The third-order valence-electron chi connectivity index (χ3n) is 3.96. The molecule has 3 heteroatoms. The molecule has 18 heavy (non-hydrogen) atoms. The van der Waals surface area contributed by atoms with Crippen LogP contribution in [0.1, 0.15) is 44.1 Å². The van der Waals surface area contributed by atoms with Gasteiger partial charge < -0.3 is 10.2 Å². The fraction of sp³-hybridized carbons (Fsp3) is 0.600. The summed E-state index contributed by atoms with van der Waals surface area (Å²) >= 11 is 0. The first-order valence-corrected chi connectivity index (χ1v) is 6.76. The zero-order chi connectivity index (χ0) is 13.0. The van der Waals surface area contributed by atoms with E-state index >= 15 is 0 Å². The third-order valence-corrected chi connectivity index (χ3v) is 3.96. The van der Waals surface area contributed by atoms with Crippen LogP contribution in [0.15, 0.2) is 24.3 Å². The van der Waals surface area contributed by atoms with Gasteiger partial charge in [-0.2, -0.15) is 0 Å². The molecule has 1 aromatic carbocycles. The van der Waals surface area contributed by atoms with Crippen LogP contribution in [0.25, 0.3) is 0 Å². The Bertz CT molecular complexity index is 384. The Morgan fingerprint density at radius 3 is 2.33 bits per heavy atom. The predicted octanol–water partition coefficient (Wildman–Crippen LogP) is 2.81. The van der Waals surface area contributed by atoms with Gasteiger partial charge in [0.2, 0.25) is 0 Å². The van der Waals surface area contributed by atoms with Crippen molar-refractivity contribution in [2.75, 3.05) is 0 Å². The quantitative estimate of drug-likeness (QED) is 0.812. The minimum atomic E-state index is -1.04. The summed E-state index contributed by atoms with van der Waals surface area (Å²) < 4.78 is 13.5. The second-order valence-corrected chi connectivity index (χ2v) is 5.33. The number of hydrogen-bond donors (Lipinski definition) is 2. The minimum absolute atomic E-state index is 0.184. The van der Waals surface area contributed by atoms with E-state index in [0.717, 1.165) is 25.7 Å². The number of benzene rings is 1. The highest BCUT2D eigenvalue weighted by atomic mass is 19.1. The van der Waals surface area contributed by atoms with E-state index in [1.165, 1.54) is 6.07 Å². The Kier molecular flexibility index (Phi) is 4.36. The van der Waals surface area contributed by atoms with Crippen molar-refractivity contribution in [3.8, 4) is 0 Å². The fourth-order valence-electron chi connectivity index (χ4n) is 2.74. The Morgan fingerprint density at radius 2 is 1.72 bits per heavy atom. The average Bonchev–Trinajstić information content (AvgIpc) is 2.58. The number of aliphatic hydroxyl groups excluding tert-OH is 1. The number of aliphatic hydroxyl groups is 2. The first-order valence-electron chi connectivity index (χ1n) is 6.76. The van der Waals surface area contributed by atoms with E-state index in [0.29, 0.717) is 18.4 Å². The number of rotatable bonds is 3. The molecule has 1 fully saturated rings. The maximum absolute atomic E-state index is 13.5. The fourth-order valence-corrected chi connectivity index (χ4v) is 2.74. The molecule has 0 amide bonds. The molecule has 1 aromatic rings. The molecule has 0 bridgehead atoms. The van der Waals surface area contributed by atoms with Crippen LogP contribution in [-0.4, -0.2) is 21.9 Å². The normalized spacial score (nSPS) is 21.3. The van der Waals surface area contributed by atoms with Gasteiger partial charge in [0.25, 0.3) is 0 Å². The molecule has 2 rings (SSSR count). The first-order chi connectivity index (χ1) is 8.62. The van der Waals surface area contributed by atoms with E-state index in [4.69, 9.17) is 0 Å². The molecule has 0 spiro atoms. The van der Waals surface area contributed by atoms with Crippen LogP contribution in [0, 0.1) is 5.82 Å². The van der Waals surface area contributed by atoms with Crippen LogP contribution in [0.2, 0.25) is 0 Å². The van der Waals surface area contributed by atoms with Gasteiger partial charge in [0.1, 0.15) is 5.82 Å². The highest BCUT2D eigenvalue weighted by molar-refractivity contribution is 5.18. The molecule has 0 aliphatic heterocycles. The molecule has 0 saturated heterocycles. The molecule has 1 aliphatic rings. The molecule has 2 N–H and O–H groups in total. The van der Waals surface area contributed by atoms with Crippen molar-refractivity contribution in [3.63, 3.8) is 0 Å². The van der Waals surface area contributed by atoms with Crippen molar-refractivity contribution >= 4 is 0 Å². The molecule has 0 heterocycles. The van der Waals surface area contributed by atoms with Gasteiger partial charge in [0.05, 0.1) is 11.7 Å². The van der Waals surface area contributed by atoms with Crippen LogP contribution in [-0.2, 0) is 6.42 Å². The summed E-state index contributed by atoms with van der Waals surface area (Å²) in [5.41, 5.74) is -0.568. The van der Waals surface area contributed by atoms with E-state index in [1.807, 2.05) is 0 Å². The number of hydrogen-bond acceptors (Lipinski definition) is 2. The second kappa shape index (κ2) is 5.81. The lowest BCUT2D eigenvalue weighted by atomic mass is 9.85. The van der Waals surface area contributed by atoms with Gasteiger partial charge in [-0.15, -0.1) is 0 Å². The van der Waals surface area contributed by atoms with E-state index in [2.05, 4.69) is 0 Å². The lowest BCUT2D eigenvalue weighted by Crippen LogP contribution is -2.43. The van der Waals surface area contributed by atoms with Gasteiger partial charge in [-0.05, 0) is 24.5 Å². The van der Waals surface area contributed by atoms with Crippen molar-refractivity contribution < 1.29 is 14.6 Å². The summed E-state index contributed by atoms with van der Waals surface area (Å²) in [4.78, 5) is 0. The summed E-state index contributed by atoms with van der Waals surface area (Å²) in [6.07, 6.45) is 4.61. The van der Waals surface area contributed by atoms with Crippen LogP contribution in [0.4, 0.5) is 4.39 Å². The lowest BCUT2D eigenvalue weighted by molar-refractivity contribution is -0.0839. The van der Waals surface area contributed by atoms with Crippen molar-refractivity contribution in [1.29, 1.82) is 0 Å². The molecule has 0 radical (unpaired) electrons. The van der Waals surface area contributed by atoms with E-state index in [-0.39, 0.29) is 12.2 Å². The standard InChI is InChI=1S/C15H21FO2/c16-13-8-4-3-7-12(13)11-14(17)15(18)9-5-1-2-6-10-15/h3-4,7-8,14,17-18H,1-2,5-6,9-11H2. The monoisotopic (exact) mass is 252 g/mol. The maximum Gasteiger partial charge on any atom is 0.126 e. The summed E-state index contributed by atoms with van der Waals surface area (Å²) in [6, 6.07) is 6.44. The van der Waals surface area contributed by atoms with Crippen LogP contribution in [0.3, 0.4) is 0 Å². The predicted molar refractivity (Wildman–Crippen MR) is 68.8 cm³/mol. The van der Waals surface area contributed by atoms with Crippen LogP contribution >= 0.6 is 0 Å². The Morgan fingerprint density at radius 1 is 1.11 bits per heavy atom. The Hall–Kier alpha value is -0.930. The molecule has 1 aliphatic carbocycles. The zero-order valence-electron chi connectivity index (χ0n) is 10.6. The van der Waals surface area contributed by atoms with E-state index in [1.54, 1.807) is 18.2 Å². The molecule has 2 nitrogen and oxygen atoms in total. The van der Waals surface area contributed by atoms with Crippen LogP contribution in [0.5, 0.6) is 0 Å². The van der Waals surface area contributed by atoms with Crippen molar-refractivity contribution in [2.45, 2.75) is 56.7 Å². The van der Waals surface area contributed by atoms with Gasteiger partial charge in [-0.1, -0.05) is 43.9 Å². The summed E-state index contributed by atoms with van der Waals surface area (Å²) in [7, 11) is 0. The van der Waals surface area contributed by atoms with Gasteiger partial charge in [-0.25, -0.2) is 4.39 Å². The van der Waals surface area contributed by atoms with Gasteiger partial charge >= 0.3 is 0 Å².